The van der Waals surface area contributed by atoms with E-state index in [0.717, 1.165) is 11.4 Å². The van der Waals surface area contributed by atoms with Crippen LogP contribution in [0.3, 0.4) is 0 Å². The fourth-order valence-corrected chi connectivity index (χ4v) is 10.3. The van der Waals surface area contributed by atoms with Gasteiger partial charge in [-0.2, -0.15) is 0 Å². The molecule has 56 heavy (non-hydrogen) atoms. The Kier molecular flexibility index (Phi) is 7.75. The first-order valence-electron chi connectivity index (χ1n) is 19.5. The van der Waals surface area contributed by atoms with Gasteiger partial charge in [-0.05, 0) is 99.1 Å². The number of para-hydroxylation sites is 3. The van der Waals surface area contributed by atoms with Crippen molar-refractivity contribution >= 4 is 71.5 Å². The zero-order chi connectivity index (χ0) is 37.2. The largest absolute Gasteiger partial charge is 0.355 e. The summed E-state index contributed by atoms with van der Waals surface area (Å²) in [7, 11) is 0. The van der Waals surface area contributed by atoms with Gasteiger partial charge in [-0.3, -0.25) is 0 Å². The van der Waals surface area contributed by atoms with Crippen LogP contribution in [0.25, 0.3) is 76.7 Å². The quantitative estimate of drug-likeness (QED) is 0.180. The van der Waals surface area contributed by atoms with Crippen molar-refractivity contribution in [2.45, 2.75) is 12.8 Å². The Morgan fingerprint density at radius 3 is 2.02 bits per heavy atom. The maximum absolute atomic E-state index is 3.88. The third-order valence-corrected chi connectivity index (χ3v) is 12.9. The van der Waals surface area contributed by atoms with Crippen molar-refractivity contribution < 1.29 is 0 Å². The number of hydrogen-bond donors (Lipinski definition) is 1. The van der Waals surface area contributed by atoms with E-state index in [-0.39, 0.29) is 0 Å². The first-order chi connectivity index (χ1) is 27.7. The van der Waals surface area contributed by atoms with Crippen molar-refractivity contribution in [2.24, 2.45) is 5.92 Å². The van der Waals surface area contributed by atoms with E-state index in [1.54, 1.807) is 0 Å². The number of rotatable bonds is 6. The van der Waals surface area contributed by atoms with Crippen molar-refractivity contribution in [1.29, 1.82) is 0 Å². The summed E-state index contributed by atoms with van der Waals surface area (Å²) in [6, 6.07) is 66.4. The van der Waals surface area contributed by atoms with Gasteiger partial charge in [0.05, 0.1) is 11.0 Å². The van der Waals surface area contributed by atoms with E-state index in [1.165, 1.54) is 86.6 Å². The lowest BCUT2D eigenvalue weighted by atomic mass is 9.76. The Morgan fingerprint density at radius 2 is 1.16 bits per heavy atom. The minimum atomic E-state index is 0.291. The molecule has 11 rings (SSSR count). The second-order valence-corrected chi connectivity index (χ2v) is 16.1. The number of hydrogen-bond acceptors (Lipinski definition) is 2. The smallest absolute Gasteiger partial charge is 0.0541 e. The van der Waals surface area contributed by atoms with Gasteiger partial charge in [-0.15, -0.1) is 11.3 Å². The first kappa shape index (κ1) is 32.7. The number of nitrogens with zero attached hydrogens (tertiary/aromatic N) is 1. The summed E-state index contributed by atoms with van der Waals surface area (Å²) in [6.45, 7) is 2.36. The Hall–Kier alpha value is -6.68. The molecule has 2 aromatic heterocycles. The number of allylic oxidation sites excluding steroid dienone is 1. The van der Waals surface area contributed by atoms with Crippen molar-refractivity contribution in [3.8, 4) is 27.9 Å². The van der Waals surface area contributed by atoms with Crippen LogP contribution in [0.15, 0.2) is 188 Å². The number of aromatic nitrogens is 1. The maximum atomic E-state index is 3.88. The van der Waals surface area contributed by atoms with Gasteiger partial charge in [-0.1, -0.05) is 146 Å². The van der Waals surface area contributed by atoms with Crippen molar-refractivity contribution in [1.82, 2.24) is 4.57 Å². The summed E-state index contributed by atoms with van der Waals surface area (Å²) < 4.78 is 3.73. The van der Waals surface area contributed by atoms with Gasteiger partial charge in [0.25, 0.3) is 0 Å². The number of thiophene rings is 1. The number of anilines is 2. The number of benzene rings is 8. The van der Waals surface area contributed by atoms with Gasteiger partial charge < -0.3 is 9.88 Å². The minimum absolute atomic E-state index is 0.291. The van der Waals surface area contributed by atoms with E-state index >= 15 is 0 Å². The second-order valence-electron chi connectivity index (χ2n) is 15.0. The third kappa shape index (κ3) is 5.31. The maximum Gasteiger partial charge on any atom is 0.0541 e. The molecule has 0 radical (unpaired) electrons. The molecule has 266 valence electrons. The Bertz CT molecular complexity index is 3130. The van der Waals surface area contributed by atoms with E-state index in [0.29, 0.717) is 11.8 Å². The number of nitrogens with one attached hydrogen (secondary N) is 1. The molecule has 1 aliphatic rings. The van der Waals surface area contributed by atoms with Crippen LogP contribution in [0.5, 0.6) is 0 Å². The molecule has 0 amide bonds. The van der Waals surface area contributed by atoms with Crippen molar-refractivity contribution in [3.05, 3.63) is 204 Å². The minimum Gasteiger partial charge on any atom is -0.355 e. The highest BCUT2D eigenvalue weighted by atomic mass is 32.1. The van der Waals surface area contributed by atoms with Crippen LogP contribution in [0, 0.1) is 5.92 Å². The molecule has 8 aromatic carbocycles. The Labute approximate surface area is 330 Å². The van der Waals surface area contributed by atoms with Gasteiger partial charge >= 0.3 is 0 Å². The average molecular weight is 735 g/mol. The normalized spacial score (nSPS) is 15.2. The highest BCUT2D eigenvalue weighted by Gasteiger charge is 2.30. The highest BCUT2D eigenvalue weighted by molar-refractivity contribution is 7.20. The summed E-state index contributed by atoms with van der Waals surface area (Å²) in [5, 5.41) is 10.3. The molecule has 3 heteroatoms. The molecule has 0 fully saturated rings. The van der Waals surface area contributed by atoms with Gasteiger partial charge in [0.15, 0.2) is 0 Å². The summed E-state index contributed by atoms with van der Waals surface area (Å²) in [5.41, 5.74) is 13.4. The Morgan fingerprint density at radius 1 is 0.500 bits per heavy atom. The molecule has 0 spiro atoms. The monoisotopic (exact) mass is 734 g/mol. The zero-order valence-electron chi connectivity index (χ0n) is 31.0. The Balaban J connectivity index is 0.937. The van der Waals surface area contributed by atoms with Crippen LogP contribution in [-0.4, -0.2) is 4.57 Å². The topological polar surface area (TPSA) is 17.0 Å². The lowest BCUT2D eigenvalue weighted by Crippen LogP contribution is -2.13. The summed E-state index contributed by atoms with van der Waals surface area (Å²) >= 11 is 1.91. The molecule has 0 saturated carbocycles. The van der Waals surface area contributed by atoms with Crippen LogP contribution in [0.4, 0.5) is 11.4 Å². The second kappa shape index (κ2) is 13.3. The van der Waals surface area contributed by atoms with Crippen molar-refractivity contribution in [3.63, 3.8) is 0 Å². The molecule has 2 unspecified atom stereocenters. The predicted molar refractivity (Wildman–Crippen MR) is 241 cm³/mol. The van der Waals surface area contributed by atoms with Crippen LogP contribution in [-0.2, 0) is 0 Å². The van der Waals surface area contributed by atoms with Gasteiger partial charge in [0.1, 0.15) is 0 Å². The molecule has 2 atom stereocenters. The summed E-state index contributed by atoms with van der Waals surface area (Å²) in [4.78, 5) is 1.39. The standard InChI is InChI=1S/C53H38N2S/c1-34-23-32-51-53(44-19-9-12-22-50(44)56-51)52(34)43-29-30-47(41-17-6-5-16-40(41)43)54-46-20-10-7-15-39(46)36-26-24-35(25-27-36)37-28-31-49-45(33-37)42-18-8-11-21-48(42)55(49)38-13-3-2-4-14-38/h2-34,52,54H,1H3. The van der Waals surface area contributed by atoms with Gasteiger partial charge in [0, 0.05) is 54.3 Å². The summed E-state index contributed by atoms with van der Waals surface area (Å²) in [6.07, 6.45) is 4.74. The molecular weight excluding hydrogens is 697 g/mol. The van der Waals surface area contributed by atoms with E-state index in [4.69, 9.17) is 0 Å². The van der Waals surface area contributed by atoms with E-state index < -0.39 is 0 Å². The van der Waals surface area contributed by atoms with Gasteiger partial charge in [0.2, 0.25) is 0 Å². The molecule has 2 nitrogen and oxygen atoms in total. The van der Waals surface area contributed by atoms with E-state index in [2.05, 4.69) is 211 Å². The third-order valence-electron chi connectivity index (χ3n) is 11.8. The molecule has 1 N–H and O–H groups in total. The fraction of sp³-hybridized carbons (Fsp3) is 0.0566. The predicted octanol–water partition coefficient (Wildman–Crippen LogP) is 15.0. The lowest BCUT2D eigenvalue weighted by molar-refractivity contribution is 0.628. The molecule has 2 heterocycles. The number of fused-ring (bicyclic) bond motifs is 7. The lowest BCUT2D eigenvalue weighted by Gasteiger charge is -2.28. The molecular formula is C53H38N2S. The molecule has 1 aliphatic carbocycles. The van der Waals surface area contributed by atoms with Crippen LogP contribution < -0.4 is 5.32 Å². The average Bonchev–Trinajstić information content (AvgIpc) is 3.80. The van der Waals surface area contributed by atoms with E-state index in [9.17, 15) is 0 Å². The zero-order valence-corrected chi connectivity index (χ0v) is 31.8. The fourth-order valence-electron chi connectivity index (χ4n) is 9.12. The highest BCUT2D eigenvalue weighted by Crippen LogP contribution is 2.49. The molecule has 10 aromatic rings. The van der Waals surface area contributed by atoms with Crippen LogP contribution >= 0.6 is 11.3 Å². The first-order valence-corrected chi connectivity index (χ1v) is 20.3. The van der Waals surface area contributed by atoms with Crippen LogP contribution in [0.2, 0.25) is 0 Å². The van der Waals surface area contributed by atoms with Crippen LogP contribution in [0.1, 0.15) is 28.8 Å². The van der Waals surface area contributed by atoms with Crippen molar-refractivity contribution in [2.75, 3.05) is 5.32 Å². The van der Waals surface area contributed by atoms with Gasteiger partial charge in [-0.25, -0.2) is 0 Å². The SMILES string of the molecule is CC1C=Cc2sc3ccccc3c2C1c1ccc(Nc2ccccc2-c2ccc(-c3ccc4c(c3)c3ccccc3n4-c3ccccc3)cc2)c2ccccc12. The summed E-state index contributed by atoms with van der Waals surface area (Å²) in [5.74, 6) is 0.683. The van der Waals surface area contributed by atoms with E-state index in [1.807, 2.05) is 11.3 Å². The molecule has 0 aliphatic heterocycles. The molecule has 0 bridgehead atoms. The molecule has 0 saturated heterocycles.